The maximum Gasteiger partial charge on any atom is 0.0594 e. The van der Waals surface area contributed by atoms with Crippen molar-refractivity contribution in [1.29, 1.82) is 0 Å². The fourth-order valence-electron chi connectivity index (χ4n) is 2.42. The molecule has 2 aliphatic heterocycles. The second-order valence-electron chi connectivity index (χ2n) is 4.75. The Morgan fingerprint density at radius 1 is 0.812 bits per heavy atom. The molecule has 0 aromatic rings. The Balaban J connectivity index is 1.62. The summed E-state index contributed by atoms with van der Waals surface area (Å²) in [5, 5.41) is 3.46. The van der Waals surface area contributed by atoms with Crippen molar-refractivity contribution in [3.8, 4) is 0 Å². The fraction of sp³-hybridized carbons (Fsp3) is 1.00. The van der Waals surface area contributed by atoms with Gasteiger partial charge in [0.2, 0.25) is 0 Å². The van der Waals surface area contributed by atoms with Crippen LogP contribution in [0.1, 0.15) is 12.8 Å². The van der Waals surface area contributed by atoms with Crippen LogP contribution in [0.2, 0.25) is 0 Å². The van der Waals surface area contributed by atoms with E-state index in [1.165, 1.54) is 52.1 Å². The molecule has 2 rings (SSSR count). The minimum atomic E-state index is 0.921. The second-order valence-corrected chi connectivity index (χ2v) is 4.75. The first-order chi connectivity index (χ1) is 7.95. The van der Waals surface area contributed by atoms with Gasteiger partial charge in [-0.15, -0.1) is 0 Å². The third kappa shape index (κ3) is 4.37. The van der Waals surface area contributed by atoms with E-state index >= 15 is 0 Å². The minimum Gasteiger partial charge on any atom is -0.379 e. The third-order valence-electron chi connectivity index (χ3n) is 3.49. The van der Waals surface area contributed by atoms with E-state index in [1.807, 2.05) is 0 Å². The van der Waals surface area contributed by atoms with Gasteiger partial charge < -0.3 is 15.0 Å². The van der Waals surface area contributed by atoms with Crippen molar-refractivity contribution in [2.75, 3.05) is 65.6 Å². The molecule has 2 aliphatic rings. The van der Waals surface area contributed by atoms with Crippen LogP contribution in [0.15, 0.2) is 0 Å². The number of nitrogens with zero attached hydrogens (tertiary/aromatic N) is 2. The standard InChI is InChI=1S/C12H25N3O/c1-3-13-4-2-6-14(5-1)7-8-15-9-11-16-12-10-15/h13H,1-12H2. The Hall–Kier alpha value is -0.160. The molecule has 0 unspecified atom stereocenters. The van der Waals surface area contributed by atoms with Crippen LogP contribution in [0, 0.1) is 0 Å². The Kier molecular flexibility index (Phi) is 5.55. The summed E-state index contributed by atoms with van der Waals surface area (Å²) in [5.41, 5.74) is 0. The highest BCUT2D eigenvalue weighted by Gasteiger charge is 2.12. The maximum atomic E-state index is 5.36. The summed E-state index contributed by atoms with van der Waals surface area (Å²) < 4.78 is 5.36. The molecule has 0 saturated carbocycles. The number of hydrogen-bond donors (Lipinski definition) is 1. The SMILES string of the molecule is C1CNCCCN(CCN2CCOCC2)C1. The molecule has 4 nitrogen and oxygen atoms in total. The summed E-state index contributed by atoms with van der Waals surface area (Å²) in [5.74, 6) is 0. The predicted octanol–water partition coefficient (Wildman–Crippen LogP) is 0.00400. The lowest BCUT2D eigenvalue weighted by Crippen LogP contribution is -2.43. The lowest BCUT2D eigenvalue weighted by Gasteiger charge is -2.30. The van der Waals surface area contributed by atoms with E-state index in [9.17, 15) is 0 Å². The summed E-state index contributed by atoms with van der Waals surface area (Å²) in [4.78, 5) is 5.15. The van der Waals surface area contributed by atoms with Gasteiger partial charge in [0, 0.05) is 26.2 Å². The highest BCUT2D eigenvalue weighted by atomic mass is 16.5. The van der Waals surface area contributed by atoms with E-state index in [0.29, 0.717) is 0 Å². The van der Waals surface area contributed by atoms with Gasteiger partial charge in [-0.3, -0.25) is 4.90 Å². The van der Waals surface area contributed by atoms with Gasteiger partial charge >= 0.3 is 0 Å². The zero-order valence-electron chi connectivity index (χ0n) is 10.3. The van der Waals surface area contributed by atoms with Crippen molar-refractivity contribution in [2.45, 2.75) is 12.8 Å². The average molecular weight is 227 g/mol. The molecule has 2 fully saturated rings. The molecule has 2 heterocycles. The van der Waals surface area contributed by atoms with Gasteiger partial charge in [-0.25, -0.2) is 0 Å². The number of ether oxygens (including phenoxy) is 1. The molecule has 0 aliphatic carbocycles. The maximum absolute atomic E-state index is 5.36. The molecule has 4 heteroatoms. The molecule has 0 amide bonds. The monoisotopic (exact) mass is 227 g/mol. The molecule has 94 valence electrons. The quantitative estimate of drug-likeness (QED) is 0.735. The molecule has 0 radical (unpaired) electrons. The Morgan fingerprint density at radius 2 is 1.38 bits per heavy atom. The Morgan fingerprint density at radius 3 is 2.00 bits per heavy atom. The largest absolute Gasteiger partial charge is 0.379 e. The lowest BCUT2D eigenvalue weighted by molar-refractivity contribution is 0.0331. The van der Waals surface area contributed by atoms with Gasteiger partial charge in [-0.2, -0.15) is 0 Å². The molecule has 0 aromatic carbocycles. The summed E-state index contributed by atoms with van der Waals surface area (Å²) in [7, 11) is 0. The van der Waals surface area contributed by atoms with E-state index in [-0.39, 0.29) is 0 Å². The van der Waals surface area contributed by atoms with Gasteiger partial charge in [-0.1, -0.05) is 0 Å². The summed E-state index contributed by atoms with van der Waals surface area (Å²) in [6.07, 6.45) is 2.59. The summed E-state index contributed by atoms with van der Waals surface area (Å²) in [6.45, 7) is 11.4. The lowest BCUT2D eigenvalue weighted by atomic mass is 10.2. The van der Waals surface area contributed by atoms with Crippen molar-refractivity contribution >= 4 is 0 Å². The topological polar surface area (TPSA) is 27.7 Å². The highest BCUT2D eigenvalue weighted by molar-refractivity contribution is 4.68. The van der Waals surface area contributed by atoms with Crippen molar-refractivity contribution in [3.63, 3.8) is 0 Å². The third-order valence-corrected chi connectivity index (χ3v) is 3.49. The Bertz CT molecular complexity index is 175. The van der Waals surface area contributed by atoms with Crippen LogP contribution >= 0.6 is 0 Å². The second kappa shape index (κ2) is 7.22. The van der Waals surface area contributed by atoms with Crippen LogP contribution in [0.4, 0.5) is 0 Å². The van der Waals surface area contributed by atoms with E-state index < -0.39 is 0 Å². The van der Waals surface area contributed by atoms with Gasteiger partial charge in [0.15, 0.2) is 0 Å². The van der Waals surface area contributed by atoms with Crippen LogP contribution in [0.25, 0.3) is 0 Å². The first-order valence-corrected chi connectivity index (χ1v) is 6.68. The zero-order chi connectivity index (χ0) is 11.1. The van der Waals surface area contributed by atoms with Crippen molar-refractivity contribution in [2.24, 2.45) is 0 Å². The molecular formula is C12H25N3O. The molecule has 2 saturated heterocycles. The highest BCUT2D eigenvalue weighted by Crippen LogP contribution is 2.00. The normalized spacial score (nSPS) is 26.2. The smallest absolute Gasteiger partial charge is 0.0594 e. The first kappa shape index (κ1) is 12.3. The van der Waals surface area contributed by atoms with E-state index in [2.05, 4.69) is 15.1 Å². The van der Waals surface area contributed by atoms with Crippen LogP contribution in [0.5, 0.6) is 0 Å². The summed E-state index contributed by atoms with van der Waals surface area (Å²) >= 11 is 0. The molecule has 0 aromatic heterocycles. The van der Waals surface area contributed by atoms with Gasteiger partial charge in [0.1, 0.15) is 0 Å². The molecule has 1 N–H and O–H groups in total. The zero-order valence-corrected chi connectivity index (χ0v) is 10.3. The van der Waals surface area contributed by atoms with Gasteiger partial charge in [0.25, 0.3) is 0 Å². The number of rotatable bonds is 3. The van der Waals surface area contributed by atoms with Gasteiger partial charge in [-0.05, 0) is 39.0 Å². The average Bonchev–Trinajstić information content (AvgIpc) is 2.29. The molecular weight excluding hydrogens is 202 g/mol. The van der Waals surface area contributed by atoms with E-state index in [0.717, 1.165) is 26.3 Å². The fourth-order valence-corrected chi connectivity index (χ4v) is 2.42. The Labute approximate surface area is 98.9 Å². The molecule has 0 atom stereocenters. The van der Waals surface area contributed by atoms with E-state index in [4.69, 9.17) is 4.74 Å². The van der Waals surface area contributed by atoms with Crippen LogP contribution in [-0.4, -0.2) is 75.4 Å². The number of morpholine rings is 1. The van der Waals surface area contributed by atoms with Crippen molar-refractivity contribution < 1.29 is 4.74 Å². The number of nitrogens with one attached hydrogen (secondary N) is 1. The molecule has 0 bridgehead atoms. The van der Waals surface area contributed by atoms with Crippen molar-refractivity contribution in [3.05, 3.63) is 0 Å². The van der Waals surface area contributed by atoms with Crippen LogP contribution in [0.3, 0.4) is 0 Å². The molecule has 16 heavy (non-hydrogen) atoms. The number of hydrogen-bond acceptors (Lipinski definition) is 4. The van der Waals surface area contributed by atoms with Gasteiger partial charge in [0.05, 0.1) is 13.2 Å². The summed E-state index contributed by atoms with van der Waals surface area (Å²) in [6, 6.07) is 0. The van der Waals surface area contributed by atoms with Crippen LogP contribution in [-0.2, 0) is 4.74 Å². The molecule has 0 spiro atoms. The van der Waals surface area contributed by atoms with Crippen molar-refractivity contribution in [1.82, 2.24) is 15.1 Å². The van der Waals surface area contributed by atoms with E-state index in [1.54, 1.807) is 0 Å². The first-order valence-electron chi connectivity index (χ1n) is 6.68. The van der Waals surface area contributed by atoms with Crippen LogP contribution < -0.4 is 5.32 Å². The predicted molar refractivity (Wildman–Crippen MR) is 65.8 cm³/mol. The minimum absolute atomic E-state index is 0.921.